The lowest BCUT2D eigenvalue weighted by Crippen LogP contribution is -2.41. The number of ether oxygens (including phenoxy) is 1. The second-order valence-corrected chi connectivity index (χ2v) is 10.3. The summed E-state index contributed by atoms with van der Waals surface area (Å²) in [5.74, 6) is -0.445. The minimum absolute atomic E-state index is 0.00358. The summed E-state index contributed by atoms with van der Waals surface area (Å²) < 4.78 is 47.0. The van der Waals surface area contributed by atoms with Crippen LogP contribution >= 0.6 is 0 Å². The molecular formula is C27H31FN2O4S. The van der Waals surface area contributed by atoms with Gasteiger partial charge in [0.15, 0.2) is 0 Å². The SMILES string of the molecule is CCOc1ccc(S(=O)(=O)N(CC(=O)N[C@H](C)c2cc(C)c(C)cc2C)c2ccc(F)cc2)cc1. The highest BCUT2D eigenvalue weighted by atomic mass is 32.2. The molecule has 0 saturated heterocycles. The Morgan fingerprint density at radius 1 is 0.971 bits per heavy atom. The van der Waals surface area contributed by atoms with Gasteiger partial charge >= 0.3 is 0 Å². The van der Waals surface area contributed by atoms with E-state index in [0.29, 0.717) is 12.4 Å². The molecule has 0 bridgehead atoms. The molecule has 0 spiro atoms. The van der Waals surface area contributed by atoms with E-state index in [0.717, 1.165) is 38.7 Å². The van der Waals surface area contributed by atoms with Crippen molar-refractivity contribution in [1.29, 1.82) is 0 Å². The molecule has 0 fully saturated rings. The second kappa shape index (κ2) is 10.9. The molecule has 1 atom stereocenters. The zero-order valence-electron chi connectivity index (χ0n) is 20.6. The van der Waals surface area contributed by atoms with Gasteiger partial charge in [-0.25, -0.2) is 12.8 Å². The third-order valence-electron chi connectivity index (χ3n) is 5.85. The number of halogens is 1. The Morgan fingerprint density at radius 3 is 2.17 bits per heavy atom. The fraction of sp³-hybridized carbons (Fsp3) is 0.296. The first kappa shape index (κ1) is 26.2. The van der Waals surface area contributed by atoms with Crippen LogP contribution in [0.25, 0.3) is 0 Å². The molecule has 3 aromatic rings. The van der Waals surface area contributed by atoms with Gasteiger partial charge in [0.05, 0.1) is 23.2 Å². The van der Waals surface area contributed by atoms with Crippen molar-refractivity contribution in [1.82, 2.24) is 5.32 Å². The number of anilines is 1. The minimum atomic E-state index is -4.12. The summed E-state index contributed by atoms with van der Waals surface area (Å²) in [5, 5.41) is 2.91. The highest BCUT2D eigenvalue weighted by molar-refractivity contribution is 7.92. The predicted molar refractivity (Wildman–Crippen MR) is 136 cm³/mol. The van der Waals surface area contributed by atoms with Gasteiger partial charge in [-0.1, -0.05) is 12.1 Å². The van der Waals surface area contributed by atoms with Gasteiger partial charge < -0.3 is 10.1 Å². The summed E-state index contributed by atoms with van der Waals surface area (Å²) in [7, 11) is -4.12. The molecular weight excluding hydrogens is 467 g/mol. The van der Waals surface area contributed by atoms with Crippen molar-refractivity contribution in [2.75, 3.05) is 17.5 Å². The third-order valence-corrected chi connectivity index (χ3v) is 7.64. The summed E-state index contributed by atoms with van der Waals surface area (Å²) in [6, 6.07) is 14.7. The van der Waals surface area contributed by atoms with Gasteiger partial charge in [0.25, 0.3) is 10.0 Å². The maximum absolute atomic E-state index is 13.5. The zero-order chi connectivity index (χ0) is 25.8. The number of carbonyl (C=O) groups excluding carboxylic acids is 1. The van der Waals surface area contributed by atoms with E-state index in [2.05, 4.69) is 11.4 Å². The number of amides is 1. The average molecular weight is 499 g/mol. The molecule has 0 radical (unpaired) electrons. The molecule has 3 rings (SSSR count). The first-order valence-electron chi connectivity index (χ1n) is 11.4. The first-order valence-corrected chi connectivity index (χ1v) is 12.8. The molecule has 6 nitrogen and oxygen atoms in total. The normalized spacial score (nSPS) is 12.2. The van der Waals surface area contributed by atoms with Crippen LogP contribution in [0.3, 0.4) is 0 Å². The van der Waals surface area contributed by atoms with Gasteiger partial charge in [-0.2, -0.15) is 0 Å². The largest absolute Gasteiger partial charge is 0.494 e. The lowest BCUT2D eigenvalue weighted by molar-refractivity contribution is -0.120. The van der Waals surface area contributed by atoms with Crippen molar-refractivity contribution in [3.8, 4) is 5.75 Å². The highest BCUT2D eigenvalue weighted by Gasteiger charge is 2.28. The summed E-state index contributed by atoms with van der Waals surface area (Å²) in [5.41, 5.74) is 4.46. The number of hydrogen-bond acceptors (Lipinski definition) is 4. The van der Waals surface area contributed by atoms with Crippen molar-refractivity contribution in [3.63, 3.8) is 0 Å². The molecule has 0 saturated carbocycles. The van der Waals surface area contributed by atoms with E-state index in [1.165, 1.54) is 24.3 Å². The molecule has 3 aromatic carbocycles. The predicted octanol–water partition coefficient (Wildman–Crippen LogP) is 5.22. The quantitative estimate of drug-likeness (QED) is 0.439. The van der Waals surface area contributed by atoms with Crippen molar-refractivity contribution < 1.29 is 22.3 Å². The van der Waals surface area contributed by atoms with Crippen molar-refractivity contribution in [2.24, 2.45) is 0 Å². The van der Waals surface area contributed by atoms with Crippen LogP contribution < -0.4 is 14.4 Å². The van der Waals surface area contributed by atoms with Crippen LogP contribution in [-0.4, -0.2) is 27.5 Å². The molecule has 0 unspecified atom stereocenters. The maximum atomic E-state index is 13.5. The van der Waals surface area contributed by atoms with Crippen LogP contribution in [0.1, 0.15) is 42.1 Å². The first-order chi connectivity index (χ1) is 16.5. The summed E-state index contributed by atoms with van der Waals surface area (Å²) in [4.78, 5) is 13.0. The molecule has 1 amide bonds. The van der Waals surface area contributed by atoms with Crippen LogP contribution in [0.2, 0.25) is 0 Å². The van der Waals surface area contributed by atoms with Gasteiger partial charge in [0.2, 0.25) is 5.91 Å². The van der Waals surface area contributed by atoms with Crippen LogP contribution in [0, 0.1) is 26.6 Å². The molecule has 35 heavy (non-hydrogen) atoms. The molecule has 0 aliphatic rings. The number of aryl methyl sites for hydroxylation is 3. The molecule has 0 heterocycles. The summed E-state index contributed by atoms with van der Waals surface area (Å²) in [6.45, 7) is 9.69. The van der Waals surface area contributed by atoms with Crippen molar-refractivity contribution >= 4 is 21.6 Å². The van der Waals surface area contributed by atoms with E-state index in [-0.39, 0.29) is 16.6 Å². The molecule has 0 aromatic heterocycles. The molecule has 8 heteroatoms. The number of rotatable bonds is 9. The topological polar surface area (TPSA) is 75.7 Å². The van der Waals surface area contributed by atoms with E-state index in [4.69, 9.17) is 4.74 Å². The smallest absolute Gasteiger partial charge is 0.264 e. The number of sulfonamides is 1. The highest BCUT2D eigenvalue weighted by Crippen LogP contribution is 2.26. The van der Waals surface area contributed by atoms with E-state index < -0.39 is 28.3 Å². The summed E-state index contributed by atoms with van der Waals surface area (Å²) >= 11 is 0. The molecule has 186 valence electrons. The second-order valence-electron chi connectivity index (χ2n) is 8.47. The van der Waals surface area contributed by atoms with Gasteiger partial charge in [-0.05, 0) is 105 Å². The lowest BCUT2D eigenvalue weighted by atomic mass is 9.96. The number of hydrogen-bond donors (Lipinski definition) is 1. The van der Waals surface area contributed by atoms with E-state index in [1.807, 2.05) is 40.7 Å². The fourth-order valence-electron chi connectivity index (χ4n) is 3.87. The van der Waals surface area contributed by atoms with Crippen molar-refractivity contribution in [2.45, 2.75) is 45.6 Å². The third kappa shape index (κ3) is 6.19. The van der Waals surface area contributed by atoms with Gasteiger partial charge in [0, 0.05) is 0 Å². The lowest BCUT2D eigenvalue weighted by Gasteiger charge is -2.25. The molecule has 0 aliphatic carbocycles. The Bertz CT molecular complexity index is 1290. The Labute approximate surface area is 206 Å². The monoisotopic (exact) mass is 498 g/mol. The van der Waals surface area contributed by atoms with E-state index in [9.17, 15) is 17.6 Å². The van der Waals surface area contributed by atoms with Crippen LogP contribution in [0.4, 0.5) is 10.1 Å². The number of nitrogens with zero attached hydrogens (tertiary/aromatic N) is 1. The van der Waals surface area contributed by atoms with Gasteiger partial charge in [0.1, 0.15) is 18.1 Å². The van der Waals surface area contributed by atoms with E-state index in [1.54, 1.807) is 12.1 Å². The Hall–Kier alpha value is -3.39. The standard InChI is InChI=1S/C27H31FN2O4S/c1-6-34-24-11-13-25(14-12-24)35(32,33)30(23-9-7-22(28)8-10-23)17-27(31)29-21(5)26-16-19(3)18(2)15-20(26)4/h7-16,21H,6,17H2,1-5H3,(H,29,31)/t21-/m1/s1. The number of benzene rings is 3. The Kier molecular flexibility index (Phi) is 8.17. The minimum Gasteiger partial charge on any atom is -0.494 e. The molecule has 1 N–H and O–H groups in total. The number of nitrogens with one attached hydrogen (secondary N) is 1. The maximum Gasteiger partial charge on any atom is 0.264 e. The Balaban J connectivity index is 1.89. The molecule has 0 aliphatic heterocycles. The number of carbonyl (C=O) groups is 1. The van der Waals surface area contributed by atoms with Gasteiger partial charge in [-0.3, -0.25) is 9.10 Å². The van der Waals surface area contributed by atoms with Crippen LogP contribution in [-0.2, 0) is 14.8 Å². The summed E-state index contributed by atoms with van der Waals surface area (Å²) in [6.07, 6.45) is 0. The zero-order valence-corrected chi connectivity index (χ0v) is 21.4. The van der Waals surface area contributed by atoms with E-state index >= 15 is 0 Å². The fourth-order valence-corrected chi connectivity index (χ4v) is 5.29. The van der Waals surface area contributed by atoms with Crippen molar-refractivity contribution in [3.05, 3.63) is 88.7 Å². The van der Waals surface area contributed by atoms with Crippen LogP contribution in [0.15, 0.2) is 65.6 Å². The van der Waals surface area contributed by atoms with Crippen LogP contribution in [0.5, 0.6) is 5.75 Å². The average Bonchev–Trinajstić information content (AvgIpc) is 2.81. The van der Waals surface area contributed by atoms with Gasteiger partial charge in [-0.15, -0.1) is 0 Å². The Morgan fingerprint density at radius 2 is 1.57 bits per heavy atom.